The average molecular weight is 831 g/mol. The lowest BCUT2D eigenvalue weighted by Crippen LogP contribution is -2.61. The maximum absolute atomic E-state index is 14.2. The minimum absolute atomic E-state index is 0.105. The predicted molar refractivity (Wildman–Crippen MR) is 224 cm³/mol. The Balaban J connectivity index is 1.36. The number of pyridine rings is 2. The number of esters is 2. The summed E-state index contributed by atoms with van der Waals surface area (Å²) in [6.07, 6.45) is 5.13. The molecular weight excluding hydrogens is 773 g/mol. The second-order valence-corrected chi connectivity index (χ2v) is 18.2. The van der Waals surface area contributed by atoms with Crippen molar-refractivity contribution in [1.82, 2.24) is 30.1 Å². The molecule has 1 saturated carbocycles. The van der Waals surface area contributed by atoms with Crippen LogP contribution < -0.4 is 10.7 Å². The monoisotopic (exact) mass is 830 g/mol. The van der Waals surface area contributed by atoms with E-state index in [0.717, 1.165) is 57.7 Å². The van der Waals surface area contributed by atoms with Gasteiger partial charge in [-0.3, -0.25) is 24.4 Å². The van der Waals surface area contributed by atoms with Gasteiger partial charge in [0.25, 0.3) is 5.91 Å². The highest BCUT2D eigenvalue weighted by molar-refractivity contribution is 7.10. The van der Waals surface area contributed by atoms with Crippen molar-refractivity contribution in [3.8, 4) is 22.4 Å². The Bertz CT molecular complexity index is 2190. The zero-order chi connectivity index (χ0) is 42.8. The lowest BCUT2D eigenvalue weighted by molar-refractivity contribution is -0.152. The van der Waals surface area contributed by atoms with Crippen LogP contribution in [-0.4, -0.2) is 87.9 Å². The smallest absolute Gasteiger partial charge is 0.408 e. The first-order valence-electron chi connectivity index (χ1n) is 20.4. The molecule has 4 aromatic heterocycles. The summed E-state index contributed by atoms with van der Waals surface area (Å²) in [6, 6.07) is 6.54. The summed E-state index contributed by atoms with van der Waals surface area (Å²) in [5.74, 6) is -0.820. The Morgan fingerprint density at radius 3 is 2.54 bits per heavy atom. The molecule has 1 saturated heterocycles. The van der Waals surface area contributed by atoms with Gasteiger partial charge in [0.05, 0.1) is 35.7 Å². The van der Waals surface area contributed by atoms with Crippen molar-refractivity contribution < 1.29 is 38.1 Å². The molecule has 0 spiro atoms. The van der Waals surface area contributed by atoms with Gasteiger partial charge >= 0.3 is 18.0 Å². The fraction of sp³-hybridized carbons (Fsp3) is 0.545. The zero-order valence-corrected chi connectivity index (χ0v) is 36.7. The van der Waals surface area contributed by atoms with Crippen LogP contribution in [-0.2, 0) is 52.6 Å². The molecule has 15 heteroatoms. The van der Waals surface area contributed by atoms with Crippen LogP contribution in [0.3, 0.4) is 0 Å². The maximum Gasteiger partial charge on any atom is 0.408 e. The first-order chi connectivity index (χ1) is 27.9. The molecule has 0 aromatic carbocycles. The molecular formula is C44H58N6O8S. The van der Waals surface area contributed by atoms with E-state index >= 15 is 0 Å². The van der Waals surface area contributed by atoms with Crippen LogP contribution in [0.15, 0.2) is 42.0 Å². The summed E-state index contributed by atoms with van der Waals surface area (Å²) >= 11 is 1.40. The average Bonchev–Trinajstić information content (AvgIpc) is 3.72. The lowest BCUT2D eigenvalue weighted by Gasteiger charge is -2.34. The highest BCUT2D eigenvalue weighted by atomic mass is 32.1. The normalized spacial score (nSPS) is 18.8. The number of aromatic nitrogens is 3. The van der Waals surface area contributed by atoms with Crippen molar-refractivity contribution in [3.05, 3.63) is 64.0 Å². The highest BCUT2D eigenvalue weighted by Gasteiger charge is 2.53. The molecule has 318 valence electrons. The van der Waals surface area contributed by atoms with E-state index in [-0.39, 0.29) is 49.5 Å². The third kappa shape index (κ3) is 10.1. The van der Waals surface area contributed by atoms with Gasteiger partial charge in [-0.25, -0.2) is 15.2 Å². The first kappa shape index (κ1) is 43.7. The third-order valence-electron chi connectivity index (χ3n) is 10.8. The molecule has 2 N–H and O–H groups in total. The number of carbonyl (C=O) groups excluding carboxylic acids is 4. The predicted octanol–water partition coefficient (Wildman–Crippen LogP) is 6.88. The van der Waals surface area contributed by atoms with Gasteiger partial charge in [0.2, 0.25) is 0 Å². The number of hydrogen-bond donors (Lipinski definition) is 2. The Morgan fingerprint density at radius 1 is 1.10 bits per heavy atom. The van der Waals surface area contributed by atoms with Crippen LogP contribution >= 0.6 is 11.3 Å². The number of hydrazine groups is 1. The molecule has 4 aromatic rings. The van der Waals surface area contributed by atoms with Crippen molar-refractivity contribution in [3.63, 3.8) is 0 Å². The standard InChI is InChI=1S/C44H58N6O8S/c1-11-34-37(29-14-13-16-45-38(29)25(3)55-10)31(21-44(8,9)24-57-26(4)51)35-19-27(15-17-49(34)35)33-23-59-36(46-33)20-32(47-42(54)58-43(5,6)7)40(52)50-22-28-18-30(28)39(48-50)41(53)56-12-2/h13-17,19,23,25,28,30,32,39,48H,11-12,18,20-22,24H2,1-10H3,(H,47,54)/t25-,28?,30?,32-,39-/m0/s1. The SMILES string of the molecule is CCOC(=O)[C@H]1NN(C(=O)[C@H](Cc2nc(-c3ccn4c(CC)c(-c5cccnc5[C@H](C)OC)c(CC(C)(C)COC(C)=O)c4c3)cs2)NC(=O)OC(C)(C)C)CC2CC21. The number of amides is 2. The molecule has 1 aliphatic carbocycles. The van der Waals surface area contributed by atoms with Gasteiger partial charge in [-0.1, -0.05) is 26.8 Å². The van der Waals surface area contributed by atoms with E-state index in [1.807, 2.05) is 24.4 Å². The molecule has 0 bridgehead atoms. The second kappa shape index (κ2) is 17.8. The highest BCUT2D eigenvalue weighted by Crippen LogP contribution is 2.45. The summed E-state index contributed by atoms with van der Waals surface area (Å²) in [4.78, 5) is 61.7. The zero-order valence-electron chi connectivity index (χ0n) is 35.8. The Labute approximate surface area is 350 Å². The number of rotatable bonds is 15. The quantitative estimate of drug-likeness (QED) is 0.0950. The molecule has 59 heavy (non-hydrogen) atoms. The van der Waals surface area contributed by atoms with Crippen LogP contribution in [0.2, 0.25) is 0 Å². The number of fused-ring (bicyclic) bond motifs is 2. The first-order valence-corrected chi connectivity index (χ1v) is 21.3. The number of carbonyl (C=O) groups is 4. The minimum Gasteiger partial charge on any atom is -0.465 e. The molecule has 0 radical (unpaired) electrons. The van der Waals surface area contributed by atoms with Crippen LogP contribution in [0.1, 0.15) is 96.8 Å². The summed E-state index contributed by atoms with van der Waals surface area (Å²) in [7, 11) is 1.68. The van der Waals surface area contributed by atoms with Crippen LogP contribution in [0.5, 0.6) is 0 Å². The number of aryl methyl sites for hydroxylation is 1. The van der Waals surface area contributed by atoms with Crippen molar-refractivity contribution in [2.45, 2.75) is 112 Å². The molecule has 1 aliphatic heterocycles. The van der Waals surface area contributed by atoms with E-state index in [0.29, 0.717) is 18.0 Å². The number of thiazole rings is 1. The van der Waals surface area contributed by atoms with E-state index in [4.69, 9.17) is 28.9 Å². The number of alkyl carbamates (subject to hydrolysis) is 1. The van der Waals surface area contributed by atoms with E-state index in [1.54, 1.807) is 41.0 Å². The summed E-state index contributed by atoms with van der Waals surface area (Å²) < 4.78 is 24.4. The summed E-state index contributed by atoms with van der Waals surface area (Å²) in [5.41, 5.74) is 9.60. The minimum atomic E-state index is -1.02. The van der Waals surface area contributed by atoms with Gasteiger partial charge in [-0.05, 0) is 89.5 Å². The molecule has 2 amide bonds. The van der Waals surface area contributed by atoms with Crippen molar-refractivity contribution in [2.75, 3.05) is 26.9 Å². The fourth-order valence-corrected chi connectivity index (χ4v) is 8.74. The number of hydrogen-bond acceptors (Lipinski definition) is 12. The van der Waals surface area contributed by atoms with Crippen molar-refractivity contribution >= 4 is 40.8 Å². The van der Waals surface area contributed by atoms with Crippen molar-refractivity contribution in [2.24, 2.45) is 17.3 Å². The van der Waals surface area contributed by atoms with Crippen molar-refractivity contribution in [1.29, 1.82) is 0 Å². The van der Waals surface area contributed by atoms with E-state index < -0.39 is 35.2 Å². The third-order valence-corrected chi connectivity index (χ3v) is 11.7. The molecule has 2 unspecified atom stereocenters. The number of nitrogens with one attached hydrogen (secondary N) is 2. The van der Waals surface area contributed by atoms with E-state index in [9.17, 15) is 19.2 Å². The lowest BCUT2D eigenvalue weighted by atomic mass is 9.83. The molecule has 2 aliphatic rings. The fourth-order valence-electron chi connectivity index (χ4n) is 7.89. The Morgan fingerprint density at radius 2 is 1.86 bits per heavy atom. The molecule has 5 heterocycles. The Hall–Kier alpha value is -4.86. The topological polar surface area (TPSA) is 163 Å². The molecule has 2 fully saturated rings. The van der Waals surface area contributed by atoms with Crippen LogP contribution in [0.25, 0.3) is 27.9 Å². The van der Waals surface area contributed by atoms with Gasteiger partial charge < -0.3 is 28.7 Å². The molecule has 5 atom stereocenters. The second-order valence-electron chi connectivity index (χ2n) is 17.3. The summed E-state index contributed by atoms with van der Waals surface area (Å²) in [6.45, 7) is 17.7. The van der Waals surface area contributed by atoms with Gasteiger partial charge in [-0.2, -0.15) is 0 Å². The van der Waals surface area contributed by atoms with Gasteiger partial charge in [-0.15, -0.1) is 11.3 Å². The summed E-state index contributed by atoms with van der Waals surface area (Å²) in [5, 5.41) is 6.83. The van der Waals surface area contributed by atoms with E-state index in [1.165, 1.54) is 23.3 Å². The maximum atomic E-state index is 14.2. The van der Waals surface area contributed by atoms with E-state index in [2.05, 4.69) is 54.2 Å². The largest absolute Gasteiger partial charge is 0.465 e. The number of methoxy groups -OCH3 is 1. The number of nitrogens with zero attached hydrogens (tertiary/aromatic N) is 4. The number of ether oxygens (including phenoxy) is 4. The molecule has 6 rings (SSSR count). The van der Waals surface area contributed by atoms with Crippen LogP contribution in [0.4, 0.5) is 4.79 Å². The van der Waals surface area contributed by atoms with Gasteiger partial charge in [0, 0.05) is 78.1 Å². The van der Waals surface area contributed by atoms with Gasteiger partial charge in [0.1, 0.15) is 17.7 Å². The van der Waals surface area contributed by atoms with Gasteiger partial charge in [0.15, 0.2) is 0 Å². The Kier molecular flexibility index (Phi) is 13.2. The molecule has 14 nitrogen and oxygen atoms in total. The van der Waals surface area contributed by atoms with Crippen LogP contribution in [0, 0.1) is 17.3 Å².